The molecule has 101 heavy (non-hydrogen) atoms. The summed E-state index contributed by atoms with van der Waals surface area (Å²) in [4.78, 5) is 31.1. The molecule has 9 heteroatoms. The molecular weight excluding hydrogens is 1240 g/mol. The number of likely N-dealkylation sites (tertiary alicyclic amines) is 2. The predicted octanol–water partition coefficient (Wildman–Crippen LogP) is 19.9. The second-order valence-corrected chi connectivity index (χ2v) is 36.6. The van der Waals surface area contributed by atoms with Crippen molar-refractivity contribution in [1.29, 1.82) is 0 Å². The molecule has 8 aliphatic heterocycles. The molecule has 6 bridgehead atoms. The van der Waals surface area contributed by atoms with Crippen LogP contribution in [0.2, 0.25) is 0 Å². The topological polar surface area (TPSA) is 89.9 Å². The molecule has 0 N–H and O–H groups in total. The molecule has 11 fully saturated rings. The van der Waals surface area contributed by atoms with E-state index in [1.54, 1.807) is 22.3 Å². The summed E-state index contributed by atoms with van der Waals surface area (Å²) in [6.45, 7) is 12.9. The van der Waals surface area contributed by atoms with Crippen LogP contribution in [-0.2, 0) is 19.0 Å². The van der Waals surface area contributed by atoms with Gasteiger partial charge in [-0.2, -0.15) is 0 Å². The number of ether oxygens (including phenoxy) is 3. The molecule has 3 unspecified atom stereocenters. The zero-order valence-corrected chi connectivity index (χ0v) is 60.5. The number of Topliss-reactive ketones (excluding diaryl/α,β-unsaturated/α-hetero) is 1. The number of carbonyl (C=O) groups is 1. The Kier molecular flexibility index (Phi) is 14.4. The third-order valence-corrected chi connectivity index (χ3v) is 32.3. The third-order valence-electron chi connectivity index (χ3n) is 32.3. The first-order chi connectivity index (χ1) is 49.2. The highest BCUT2D eigenvalue weighted by Gasteiger charge is 2.70. The minimum atomic E-state index is -0.294. The number of carbonyl (C=O) groups excluding carboxylic acids is 1. The summed E-state index contributed by atoms with van der Waals surface area (Å²) in [6.07, 6.45) is 60.5. The standard InChI is InChI=1S/2C32H38N2O.C28H29NO2/c2*1-30-12-10-26-19-25-6-7-27(34-16-2-3-17-34)20-31(25)13-14-32(26,35-31)29(30)9-8-28(30)23-5-4-22-11-15-33-21-24(22)18-23;1-26-10-8-22-15-21-4-5-23(30)16-27(21)11-12-28(22,31-27)25(26)7-6-24(26)19-3-2-18-9-13-29-17-20(18)14-19/h2*4-5,10-11,15,18-19,21,27-29H,2-3,6-9,12-14,16-17,20H2,1H3;2-3,8-9,13-15,17,24-25H,4-7,10-12,16H2,1H3/t27-,28+,29+,30+,31+,32?;27-,28-,29-,30-,31-,32?;24-,25-,26-,27-,28?/m011/s1. The van der Waals surface area contributed by atoms with Crippen molar-refractivity contribution in [3.8, 4) is 0 Å². The average molecular weight is 1340 g/mol. The molecule has 6 aromatic rings. The van der Waals surface area contributed by atoms with E-state index in [9.17, 15) is 4.79 Å². The Morgan fingerprint density at radius 3 is 1.16 bits per heavy atom. The molecule has 5 saturated heterocycles. The van der Waals surface area contributed by atoms with Gasteiger partial charge in [-0.1, -0.05) is 93.6 Å². The lowest BCUT2D eigenvalue weighted by molar-refractivity contribution is -0.146. The Labute approximate surface area is 599 Å². The number of hydrogen-bond donors (Lipinski definition) is 0. The summed E-state index contributed by atoms with van der Waals surface area (Å²) >= 11 is 0. The fourth-order valence-electron chi connectivity index (χ4n) is 27.4. The Morgan fingerprint density at radius 2 is 0.762 bits per heavy atom. The van der Waals surface area contributed by atoms with Gasteiger partial charge in [0, 0.05) is 78.3 Å². The molecule has 6 saturated carbocycles. The fraction of sp³-hybridized carbons (Fsp3) is 0.565. The number of ketones is 1. The molecule has 3 aromatic heterocycles. The SMILES string of the molecule is C[C@]12CC=C3C=C4CCC(=O)C[C@]45CCC3(O5)[C@@H]1CC[C@@H]2c1ccc2ccncc2c1.C[C@]12CC=C3C=C4CC[C@@H](N5CCCC5)C[C@]45CCC3(O5)[C@@H]1CC[C@@H]2c1ccc2ccncc2c1.C[C@]12CC=C3C=C4CC[C@H](N5CCCC5)C[C@]45CCC3(O5)[C@@H]1CC[C@@H]2c1ccc2ccncc2c1. The summed E-state index contributed by atoms with van der Waals surface area (Å²) in [7, 11) is 0. The number of rotatable bonds is 5. The van der Waals surface area contributed by atoms with Gasteiger partial charge in [-0.3, -0.25) is 19.7 Å². The molecule has 17 atom stereocenters. The first-order valence-electron chi connectivity index (χ1n) is 40.6. The van der Waals surface area contributed by atoms with Crippen molar-refractivity contribution >= 4 is 38.1 Å². The van der Waals surface area contributed by atoms with Gasteiger partial charge < -0.3 is 24.0 Å². The van der Waals surface area contributed by atoms with Crippen molar-refractivity contribution < 1.29 is 19.0 Å². The van der Waals surface area contributed by atoms with Crippen LogP contribution in [0.25, 0.3) is 32.3 Å². The van der Waals surface area contributed by atoms with E-state index in [0.717, 1.165) is 37.8 Å². The van der Waals surface area contributed by atoms with Gasteiger partial charge in [-0.15, -0.1) is 0 Å². The molecule has 17 aliphatic rings. The first kappa shape index (κ1) is 63.3. The third kappa shape index (κ3) is 9.28. The van der Waals surface area contributed by atoms with Gasteiger partial charge in [-0.05, 0) is 348 Å². The van der Waals surface area contributed by atoms with E-state index >= 15 is 0 Å². The van der Waals surface area contributed by atoms with E-state index in [-0.39, 0.29) is 49.9 Å². The van der Waals surface area contributed by atoms with Crippen molar-refractivity contribution in [3.05, 3.63) is 197 Å². The van der Waals surface area contributed by atoms with E-state index in [2.05, 4.69) is 155 Å². The van der Waals surface area contributed by atoms with Gasteiger partial charge in [0.15, 0.2) is 0 Å². The minimum absolute atomic E-state index is 0.0216. The van der Waals surface area contributed by atoms with Crippen molar-refractivity contribution in [3.63, 3.8) is 0 Å². The molecule has 0 radical (unpaired) electrons. The van der Waals surface area contributed by atoms with Gasteiger partial charge in [0.25, 0.3) is 0 Å². The number of aromatic nitrogens is 3. The number of benzene rings is 3. The van der Waals surface area contributed by atoms with Gasteiger partial charge in [-0.25, -0.2) is 0 Å². The Bertz CT molecular complexity index is 4430. The number of fused-ring (bicyclic) bond motifs is 6. The zero-order chi connectivity index (χ0) is 67.4. The molecule has 3 aromatic carbocycles. The number of nitrogens with zero attached hydrogens (tertiary/aromatic N) is 5. The van der Waals surface area contributed by atoms with Crippen molar-refractivity contribution in [1.82, 2.24) is 24.8 Å². The van der Waals surface area contributed by atoms with Crippen LogP contribution in [0, 0.1) is 34.0 Å². The molecule has 522 valence electrons. The number of hydrogen-bond acceptors (Lipinski definition) is 9. The molecule has 9 aliphatic carbocycles. The highest BCUT2D eigenvalue weighted by molar-refractivity contribution is 5.85. The van der Waals surface area contributed by atoms with E-state index in [0.29, 0.717) is 54.1 Å². The maximum Gasteiger partial charge on any atom is 0.136 e. The largest absolute Gasteiger partial charge is 0.359 e. The van der Waals surface area contributed by atoms with Crippen LogP contribution >= 0.6 is 0 Å². The maximum absolute atomic E-state index is 12.4. The normalized spacial score (nSPS) is 41.9. The van der Waals surface area contributed by atoms with Crippen LogP contribution in [0.3, 0.4) is 0 Å². The van der Waals surface area contributed by atoms with E-state index in [4.69, 9.17) is 14.2 Å². The highest BCUT2D eigenvalue weighted by atomic mass is 16.5. The Balaban J connectivity index is 0.0000000991. The summed E-state index contributed by atoms with van der Waals surface area (Å²) in [6, 6.07) is 29.0. The van der Waals surface area contributed by atoms with Crippen LogP contribution in [-0.4, -0.2) is 102 Å². The number of pyridine rings is 3. The maximum atomic E-state index is 12.4. The molecule has 11 heterocycles. The van der Waals surface area contributed by atoms with Crippen LogP contribution in [0.15, 0.2) is 180 Å². The second kappa shape index (κ2) is 22.9. The van der Waals surface area contributed by atoms with Crippen LogP contribution in [0.1, 0.15) is 235 Å². The molecular formula is C92H105N5O4. The zero-order valence-electron chi connectivity index (χ0n) is 60.5. The molecule has 9 nitrogen and oxygen atoms in total. The summed E-state index contributed by atoms with van der Waals surface area (Å²) in [5.74, 6) is 3.87. The van der Waals surface area contributed by atoms with E-state index < -0.39 is 0 Å². The monoisotopic (exact) mass is 1340 g/mol. The van der Waals surface area contributed by atoms with Gasteiger partial charge in [0.2, 0.25) is 0 Å². The molecule has 6 spiro atoms. The van der Waals surface area contributed by atoms with Gasteiger partial charge in [0.05, 0.1) is 33.6 Å². The fourth-order valence-corrected chi connectivity index (χ4v) is 27.4. The summed E-state index contributed by atoms with van der Waals surface area (Å²) in [5.41, 5.74) is 13.8. The van der Waals surface area contributed by atoms with Crippen molar-refractivity contribution in [2.75, 3.05) is 26.2 Å². The van der Waals surface area contributed by atoms with Crippen LogP contribution in [0.5, 0.6) is 0 Å². The van der Waals surface area contributed by atoms with E-state index in [1.807, 2.05) is 37.2 Å². The van der Waals surface area contributed by atoms with Crippen LogP contribution < -0.4 is 0 Å². The average Bonchev–Trinajstić information content (AvgIpc) is 1.56. The van der Waals surface area contributed by atoms with Crippen molar-refractivity contribution in [2.45, 2.75) is 264 Å². The second-order valence-electron chi connectivity index (χ2n) is 36.6. The van der Waals surface area contributed by atoms with Gasteiger partial charge >= 0.3 is 0 Å². The Morgan fingerprint density at radius 1 is 0.396 bits per heavy atom. The van der Waals surface area contributed by atoms with Crippen molar-refractivity contribution in [2.24, 2.45) is 34.0 Å². The van der Waals surface area contributed by atoms with E-state index in [1.165, 1.54) is 228 Å². The van der Waals surface area contributed by atoms with Gasteiger partial charge in [0.1, 0.15) is 5.78 Å². The Hall–Kier alpha value is -6.20. The predicted molar refractivity (Wildman–Crippen MR) is 401 cm³/mol. The quantitative estimate of drug-likeness (QED) is 0.167. The lowest BCUT2D eigenvalue weighted by Gasteiger charge is -2.55. The smallest absolute Gasteiger partial charge is 0.136 e. The lowest BCUT2D eigenvalue weighted by atomic mass is 9.58. The number of allylic oxidation sites excluding steroid dienone is 3. The lowest BCUT2D eigenvalue weighted by Crippen LogP contribution is -2.55. The summed E-state index contributed by atoms with van der Waals surface area (Å²) in [5, 5.41) is 7.64. The molecule has 0 amide bonds. The van der Waals surface area contributed by atoms with Crippen LogP contribution in [0.4, 0.5) is 0 Å². The first-order valence-corrected chi connectivity index (χ1v) is 40.6. The minimum Gasteiger partial charge on any atom is -0.359 e. The summed E-state index contributed by atoms with van der Waals surface area (Å²) < 4.78 is 22.2. The highest BCUT2D eigenvalue weighted by Crippen LogP contribution is 2.73. The molecule has 23 rings (SSSR count).